The molecule has 0 saturated carbocycles. The molecule has 0 radical (unpaired) electrons. The highest BCUT2D eigenvalue weighted by Gasteiger charge is 2.41. The lowest BCUT2D eigenvalue weighted by molar-refractivity contribution is -0.0528. The second-order valence-electron chi connectivity index (χ2n) is 7.00. The standard InChI is InChI=1S/C20H25N3O/c1-3-15-4-6-16(7-5-15)18-8-9-19(22-21-18)24-20-14(2)23-12-10-17(20)11-13-23/h4-9,14,17,20H,3,10-13H2,1-2H3/t14-,20-/m0/s1. The molecule has 2 atom stereocenters. The SMILES string of the molecule is CCc1ccc(-c2ccc(O[C@@H]3C4CCN(CC4)[C@H]3C)nn2)cc1. The summed E-state index contributed by atoms with van der Waals surface area (Å²) in [6.45, 7) is 6.86. The van der Waals surface area contributed by atoms with Crippen LogP contribution in [0.4, 0.5) is 0 Å². The summed E-state index contributed by atoms with van der Waals surface area (Å²) in [6, 6.07) is 13.0. The molecule has 2 aromatic rings. The van der Waals surface area contributed by atoms with E-state index in [1.807, 2.05) is 12.1 Å². The Morgan fingerprint density at radius 3 is 2.38 bits per heavy atom. The Bertz CT molecular complexity index is 673. The van der Waals surface area contributed by atoms with Crippen LogP contribution in [0, 0.1) is 5.92 Å². The number of benzene rings is 1. The highest BCUT2D eigenvalue weighted by atomic mass is 16.5. The van der Waals surface area contributed by atoms with Crippen molar-refractivity contribution in [2.75, 3.05) is 13.1 Å². The fraction of sp³-hybridized carbons (Fsp3) is 0.500. The fourth-order valence-electron chi connectivity index (χ4n) is 4.04. The van der Waals surface area contributed by atoms with Gasteiger partial charge in [-0.25, -0.2) is 0 Å². The zero-order valence-electron chi connectivity index (χ0n) is 14.5. The van der Waals surface area contributed by atoms with Crippen molar-refractivity contribution >= 4 is 0 Å². The van der Waals surface area contributed by atoms with E-state index in [-0.39, 0.29) is 6.10 Å². The molecule has 2 bridgehead atoms. The van der Waals surface area contributed by atoms with Crippen LogP contribution >= 0.6 is 0 Å². The molecule has 4 nitrogen and oxygen atoms in total. The summed E-state index contributed by atoms with van der Waals surface area (Å²) in [7, 11) is 0. The van der Waals surface area contributed by atoms with Crippen molar-refractivity contribution in [1.29, 1.82) is 0 Å². The summed E-state index contributed by atoms with van der Waals surface area (Å²) in [4.78, 5) is 2.53. The molecule has 0 N–H and O–H groups in total. The summed E-state index contributed by atoms with van der Waals surface area (Å²) in [5.41, 5.74) is 3.33. The van der Waals surface area contributed by atoms with Crippen LogP contribution in [0.2, 0.25) is 0 Å². The number of hydrogen-bond acceptors (Lipinski definition) is 4. The minimum Gasteiger partial charge on any atom is -0.471 e. The summed E-state index contributed by atoms with van der Waals surface area (Å²) in [5, 5.41) is 8.69. The van der Waals surface area contributed by atoms with Gasteiger partial charge < -0.3 is 4.74 Å². The Morgan fingerprint density at radius 1 is 1.04 bits per heavy atom. The molecule has 3 aliphatic rings. The average Bonchev–Trinajstić information content (AvgIpc) is 2.66. The highest BCUT2D eigenvalue weighted by molar-refractivity contribution is 5.58. The molecule has 3 aliphatic heterocycles. The number of nitrogens with zero attached hydrogens (tertiary/aromatic N) is 3. The molecule has 126 valence electrons. The maximum absolute atomic E-state index is 6.21. The van der Waals surface area contributed by atoms with Gasteiger partial charge in [0, 0.05) is 17.7 Å². The quantitative estimate of drug-likeness (QED) is 0.862. The normalized spacial score (nSPS) is 28.8. The fourth-order valence-corrected chi connectivity index (χ4v) is 4.04. The summed E-state index contributed by atoms with van der Waals surface area (Å²) in [6.07, 6.45) is 3.78. The number of ether oxygens (including phenoxy) is 1. The van der Waals surface area contributed by atoms with Gasteiger partial charge >= 0.3 is 0 Å². The van der Waals surface area contributed by atoms with E-state index < -0.39 is 0 Å². The van der Waals surface area contributed by atoms with Gasteiger partial charge in [0.25, 0.3) is 0 Å². The number of aromatic nitrogens is 2. The maximum atomic E-state index is 6.21. The van der Waals surface area contributed by atoms with E-state index in [4.69, 9.17) is 4.74 Å². The lowest BCUT2D eigenvalue weighted by Gasteiger charge is -2.48. The van der Waals surface area contributed by atoms with E-state index in [0.29, 0.717) is 17.8 Å². The van der Waals surface area contributed by atoms with Gasteiger partial charge in [-0.05, 0) is 56.8 Å². The maximum Gasteiger partial charge on any atom is 0.233 e. The molecule has 1 aromatic carbocycles. The first-order valence-electron chi connectivity index (χ1n) is 9.08. The van der Waals surface area contributed by atoms with Crippen LogP contribution in [0.1, 0.15) is 32.3 Å². The summed E-state index contributed by atoms with van der Waals surface area (Å²) >= 11 is 0. The minimum absolute atomic E-state index is 0.247. The lowest BCUT2D eigenvalue weighted by atomic mass is 9.81. The van der Waals surface area contributed by atoms with Crippen molar-refractivity contribution in [3.05, 3.63) is 42.0 Å². The second kappa shape index (κ2) is 6.52. The molecule has 1 aromatic heterocycles. The number of fused-ring (bicyclic) bond motifs is 3. The highest BCUT2D eigenvalue weighted by Crippen LogP contribution is 2.34. The molecule has 5 rings (SSSR count). The van der Waals surface area contributed by atoms with Crippen molar-refractivity contribution in [1.82, 2.24) is 15.1 Å². The van der Waals surface area contributed by atoms with Crippen molar-refractivity contribution < 1.29 is 4.74 Å². The second-order valence-corrected chi connectivity index (χ2v) is 7.00. The average molecular weight is 323 g/mol. The minimum atomic E-state index is 0.247. The first-order valence-corrected chi connectivity index (χ1v) is 9.08. The molecule has 0 amide bonds. The summed E-state index contributed by atoms with van der Waals surface area (Å²) in [5.74, 6) is 1.31. The third kappa shape index (κ3) is 2.91. The van der Waals surface area contributed by atoms with Gasteiger partial charge in [-0.1, -0.05) is 31.2 Å². The zero-order chi connectivity index (χ0) is 16.5. The van der Waals surface area contributed by atoms with Gasteiger partial charge in [0.15, 0.2) is 0 Å². The molecule has 0 spiro atoms. The molecule has 24 heavy (non-hydrogen) atoms. The molecular weight excluding hydrogens is 298 g/mol. The van der Waals surface area contributed by atoms with E-state index in [0.717, 1.165) is 17.7 Å². The molecule has 4 heterocycles. The monoisotopic (exact) mass is 323 g/mol. The van der Waals surface area contributed by atoms with Crippen LogP contribution in [0.25, 0.3) is 11.3 Å². The lowest BCUT2D eigenvalue weighted by Crippen LogP contribution is -2.58. The van der Waals surface area contributed by atoms with E-state index in [9.17, 15) is 0 Å². The van der Waals surface area contributed by atoms with Gasteiger partial charge in [0.1, 0.15) is 6.10 Å². The largest absolute Gasteiger partial charge is 0.471 e. The van der Waals surface area contributed by atoms with Crippen LogP contribution in [-0.2, 0) is 6.42 Å². The van der Waals surface area contributed by atoms with Crippen LogP contribution < -0.4 is 4.74 Å². The first-order chi connectivity index (χ1) is 11.7. The van der Waals surface area contributed by atoms with Crippen molar-refractivity contribution in [2.24, 2.45) is 5.92 Å². The van der Waals surface area contributed by atoms with Crippen molar-refractivity contribution in [3.63, 3.8) is 0 Å². The Labute approximate surface area is 143 Å². The van der Waals surface area contributed by atoms with E-state index in [1.165, 1.54) is 31.5 Å². The van der Waals surface area contributed by atoms with Gasteiger partial charge in [0.05, 0.1) is 5.69 Å². The van der Waals surface area contributed by atoms with E-state index >= 15 is 0 Å². The summed E-state index contributed by atoms with van der Waals surface area (Å²) < 4.78 is 6.21. The molecule has 4 heteroatoms. The Kier molecular flexibility index (Phi) is 4.23. The van der Waals surface area contributed by atoms with Crippen LogP contribution in [0.15, 0.2) is 36.4 Å². The molecule has 0 unspecified atom stereocenters. The predicted molar refractivity (Wildman–Crippen MR) is 95.0 cm³/mol. The van der Waals surface area contributed by atoms with Crippen LogP contribution in [-0.4, -0.2) is 40.3 Å². The third-order valence-corrected chi connectivity index (χ3v) is 5.65. The molecular formula is C20H25N3O. The Hall–Kier alpha value is -1.94. The smallest absolute Gasteiger partial charge is 0.233 e. The first kappa shape index (κ1) is 15.6. The Morgan fingerprint density at radius 2 is 1.79 bits per heavy atom. The van der Waals surface area contributed by atoms with E-state index in [1.54, 1.807) is 0 Å². The molecule has 3 fully saturated rings. The topological polar surface area (TPSA) is 38.2 Å². The third-order valence-electron chi connectivity index (χ3n) is 5.65. The number of piperidine rings is 3. The van der Waals surface area contributed by atoms with Crippen molar-refractivity contribution in [2.45, 2.75) is 45.3 Å². The van der Waals surface area contributed by atoms with Gasteiger partial charge in [0.2, 0.25) is 5.88 Å². The zero-order valence-corrected chi connectivity index (χ0v) is 14.5. The van der Waals surface area contributed by atoms with Gasteiger partial charge in [-0.3, -0.25) is 4.90 Å². The van der Waals surface area contributed by atoms with Crippen LogP contribution in [0.3, 0.4) is 0 Å². The van der Waals surface area contributed by atoms with Gasteiger partial charge in [-0.15, -0.1) is 10.2 Å². The van der Waals surface area contributed by atoms with Gasteiger partial charge in [-0.2, -0.15) is 0 Å². The molecule has 0 aliphatic carbocycles. The number of rotatable bonds is 4. The van der Waals surface area contributed by atoms with Crippen LogP contribution in [0.5, 0.6) is 5.88 Å². The van der Waals surface area contributed by atoms with Crippen molar-refractivity contribution in [3.8, 4) is 17.1 Å². The molecule has 3 saturated heterocycles. The predicted octanol–water partition coefficient (Wildman–Crippen LogP) is 3.57. The number of aryl methyl sites for hydroxylation is 1. The van der Waals surface area contributed by atoms with E-state index in [2.05, 4.69) is 53.2 Å². The number of hydrogen-bond donors (Lipinski definition) is 0. The Balaban J connectivity index is 1.47.